The molecule has 1 aliphatic carbocycles. The second-order valence-corrected chi connectivity index (χ2v) is 7.72. The normalized spacial score (nSPS) is 15.9. The van der Waals surface area contributed by atoms with Crippen molar-refractivity contribution in [3.63, 3.8) is 0 Å². The molecule has 3 aromatic rings. The summed E-state index contributed by atoms with van der Waals surface area (Å²) in [5.74, 6) is 1.78. The third-order valence-corrected chi connectivity index (χ3v) is 6.04. The number of aromatic nitrogens is 3. The molecule has 0 radical (unpaired) electrons. The van der Waals surface area contributed by atoms with Crippen molar-refractivity contribution in [2.45, 2.75) is 25.3 Å². The lowest BCUT2D eigenvalue weighted by Crippen LogP contribution is -2.11. The molecule has 1 aliphatic heterocycles. The zero-order valence-electron chi connectivity index (χ0n) is 13.6. The Morgan fingerprint density at radius 1 is 1.12 bits per heavy atom. The molecule has 5 rings (SSSR count). The van der Waals surface area contributed by atoms with Crippen molar-refractivity contribution >= 4 is 33.2 Å². The zero-order chi connectivity index (χ0) is 17.8. The molecular weight excluding hydrogens is 419 g/mol. The smallest absolute Gasteiger partial charge is 0.159 e. The van der Waals surface area contributed by atoms with Crippen LogP contribution in [0.5, 0.6) is 0 Å². The molecule has 0 N–H and O–H groups in total. The summed E-state index contributed by atoms with van der Waals surface area (Å²) in [6.45, 7) is 0.325. The Hall–Kier alpha value is -2.05. The van der Waals surface area contributed by atoms with Crippen LogP contribution in [0.2, 0.25) is 5.02 Å². The molecule has 2 heterocycles. The van der Waals surface area contributed by atoms with Crippen LogP contribution in [-0.2, 0) is 6.54 Å². The molecule has 2 aromatic carbocycles. The van der Waals surface area contributed by atoms with Crippen molar-refractivity contribution in [3.8, 4) is 5.69 Å². The maximum Gasteiger partial charge on any atom is 0.159 e. The van der Waals surface area contributed by atoms with Crippen LogP contribution >= 0.6 is 27.5 Å². The molecule has 26 heavy (non-hydrogen) atoms. The first-order valence-electron chi connectivity index (χ1n) is 8.37. The third kappa shape index (κ3) is 2.43. The van der Waals surface area contributed by atoms with Gasteiger partial charge in [0.05, 0.1) is 16.4 Å². The van der Waals surface area contributed by atoms with Crippen LogP contribution in [0.15, 0.2) is 45.9 Å². The highest BCUT2D eigenvalue weighted by molar-refractivity contribution is 9.10. The van der Waals surface area contributed by atoms with Gasteiger partial charge in [0.15, 0.2) is 5.82 Å². The molecule has 130 valence electrons. The van der Waals surface area contributed by atoms with Crippen LogP contribution < -0.4 is 0 Å². The number of rotatable bonds is 2. The van der Waals surface area contributed by atoms with E-state index in [4.69, 9.17) is 11.6 Å². The van der Waals surface area contributed by atoms with Gasteiger partial charge in [0.1, 0.15) is 18.2 Å². The predicted molar refractivity (Wildman–Crippen MR) is 102 cm³/mol. The Bertz CT molecular complexity index is 1070. The van der Waals surface area contributed by atoms with Crippen molar-refractivity contribution in [2.75, 3.05) is 0 Å². The summed E-state index contributed by atoms with van der Waals surface area (Å²) in [7, 11) is 0. The maximum absolute atomic E-state index is 14.5. The molecule has 1 aromatic heterocycles. The fraction of sp³-hybridized carbons (Fsp3) is 0.211. The lowest BCUT2D eigenvalue weighted by Gasteiger charge is -2.16. The topological polar surface area (TPSA) is 43.1 Å². The lowest BCUT2D eigenvalue weighted by atomic mass is 9.99. The summed E-state index contributed by atoms with van der Waals surface area (Å²) in [6, 6.07) is 10.5. The van der Waals surface area contributed by atoms with E-state index < -0.39 is 0 Å². The summed E-state index contributed by atoms with van der Waals surface area (Å²) in [4.78, 5) is 4.68. The van der Waals surface area contributed by atoms with Crippen LogP contribution in [0.4, 0.5) is 4.39 Å². The van der Waals surface area contributed by atoms with Gasteiger partial charge in [-0.05, 0) is 53.0 Å². The number of aliphatic imine (C=N–C) groups is 1. The first kappa shape index (κ1) is 16.1. The van der Waals surface area contributed by atoms with Gasteiger partial charge in [-0.1, -0.05) is 23.7 Å². The number of benzene rings is 2. The quantitative estimate of drug-likeness (QED) is 0.570. The summed E-state index contributed by atoms with van der Waals surface area (Å²) in [5.41, 5.74) is 2.52. The van der Waals surface area contributed by atoms with Crippen LogP contribution in [0.25, 0.3) is 5.69 Å². The predicted octanol–water partition coefficient (Wildman–Crippen LogP) is 5.05. The van der Waals surface area contributed by atoms with Crippen LogP contribution in [0.1, 0.15) is 41.5 Å². The minimum Gasteiger partial charge on any atom is -0.280 e. The van der Waals surface area contributed by atoms with Gasteiger partial charge in [-0.15, -0.1) is 10.2 Å². The van der Waals surface area contributed by atoms with E-state index in [2.05, 4.69) is 31.1 Å². The molecule has 7 heteroatoms. The standard InChI is InChI=1S/C19H13BrClFN4/c20-12-7-8-14-16(17(12)21)18(11-3-1-2-4-13(11)22)23-9-15-24-25-19(26(14)15)10-5-6-10/h1-4,7-8,10H,5-6,9H2. The van der Waals surface area contributed by atoms with E-state index >= 15 is 0 Å². The van der Waals surface area contributed by atoms with Crippen molar-refractivity contribution in [1.29, 1.82) is 0 Å². The van der Waals surface area contributed by atoms with Crippen molar-refractivity contribution in [2.24, 2.45) is 4.99 Å². The molecular formula is C19H13BrClFN4. The van der Waals surface area contributed by atoms with E-state index in [1.165, 1.54) is 6.07 Å². The number of halogens is 3. The van der Waals surface area contributed by atoms with Gasteiger partial charge in [-0.25, -0.2) is 4.39 Å². The van der Waals surface area contributed by atoms with Crippen LogP contribution in [0.3, 0.4) is 0 Å². The van der Waals surface area contributed by atoms with E-state index in [1.54, 1.807) is 18.2 Å². The Kier molecular flexibility index (Phi) is 3.72. The zero-order valence-corrected chi connectivity index (χ0v) is 15.9. The van der Waals surface area contributed by atoms with E-state index in [0.717, 1.165) is 34.7 Å². The van der Waals surface area contributed by atoms with Crippen LogP contribution in [0, 0.1) is 5.82 Å². The highest BCUT2D eigenvalue weighted by Crippen LogP contribution is 2.42. The molecule has 4 nitrogen and oxygen atoms in total. The maximum atomic E-state index is 14.5. The monoisotopic (exact) mass is 430 g/mol. The Labute approximate surface area is 162 Å². The van der Waals surface area contributed by atoms with E-state index in [9.17, 15) is 4.39 Å². The summed E-state index contributed by atoms with van der Waals surface area (Å²) < 4.78 is 17.3. The highest BCUT2D eigenvalue weighted by Gasteiger charge is 2.33. The van der Waals surface area contributed by atoms with E-state index in [-0.39, 0.29) is 5.82 Å². The van der Waals surface area contributed by atoms with E-state index in [0.29, 0.717) is 34.3 Å². The summed E-state index contributed by atoms with van der Waals surface area (Å²) >= 11 is 10.1. The van der Waals surface area contributed by atoms with E-state index in [1.807, 2.05) is 16.7 Å². The molecule has 1 fully saturated rings. The van der Waals surface area contributed by atoms with Crippen LogP contribution in [-0.4, -0.2) is 20.5 Å². The molecule has 0 saturated heterocycles. The van der Waals surface area contributed by atoms with Crippen molar-refractivity contribution in [1.82, 2.24) is 14.8 Å². The number of fused-ring (bicyclic) bond motifs is 3. The number of nitrogens with zero attached hydrogens (tertiary/aromatic N) is 4. The molecule has 1 saturated carbocycles. The number of hydrogen-bond donors (Lipinski definition) is 0. The molecule has 0 amide bonds. The van der Waals surface area contributed by atoms with Gasteiger partial charge in [-0.3, -0.25) is 9.56 Å². The average molecular weight is 432 g/mol. The van der Waals surface area contributed by atoms with Gasteiger partial charge < -0.3 is 0 Å². The minimum absolute atomic E-state index is 0.325. The Morgan fingerprint density at radius 2 is 1.92 bits per heavy atom. The van der Waals surface area contributed by atoms with Gasteiger partial charge in [0.25, 0.3) is 0 Å². The molecule has 0 spiro atoms. The second kappa shape index (κ2) is 5.99. The first-order valence-corrected chi connectivity index (χ1v) is 9.54. The minimum atomic E-state index is -0.326. The van der Waals surface area contributed by atoms with Crippen molar-refractivity contribution in [3.05, 3.63) is 74.5 Å². The average Bonchev–Trinajstić information content (AvgIpc) is 3.42. The van der Waals surface area contributed by atoms with Gasteiger partial charge in [0.2, 0.25) is 0 Å². The SMILES string of the molecule is Fc1ccccc1C1=NCc2nnc(C3CC3)n2-c2ccc(Br)c(Cl)c21. The summed E-state index contributed by atoms with van der Waals surface area (Å²) in [5, 5.41) is 9.23. The molecule has 0 unspecified atom stereocenters. The second-order valence-electron chi connectivity index (χ2n) is 6.48. The van der Waals surface area contributed by atoms with Gasteiger partial charge >= 0.3 is 0 Å². The lowest BCUT2D eigenvalue weighted by molar-refractivity contribution is 0.625. The first-order chi connectivity index (χ1) is 12.6. The molecule has 0 bridgehead atoms. The fourth-order valence-electron chi connectivity index (χ4n) is 3.36. The Morgan fingerprint density at radius 3 is 2.69 bits per heavy atom. The number of hydrogen-bond acceptors (Lipinski definition) is 3. The highest BCUT2D eigenvalue weighted by atomic mass is 79.9. The fourth-order valence-corrected chi connectivity index (χ4v) is 3.93. The molecule has 2 aliphatic rings. The van der Waals surface area contributed by atoms with Gasteiger partial charge in [-0.2, -0.15) is 0 Å². The largest absolute Gasteiger partial charge is 0.280 e. The summed E-state index contributed by atoms with van der Waals surface area (Å²) in [6.07, 6.45) is 2.22. The van der Waals surface area contributed by atoms with Gasteiger partial charge in [0, 0.05) is 21.5 Å². The van der Waals surface area contributed by atoms with Crippen molar-refractivity contribution < 1.29 is 4.39 Å². The third-order valence-electron chi connectivity index (χ3n) is 4.76. The molecule has 0 atom stereocenters. The Balaban J connectivity index is 1.82.